The molecule has 0 aliphatic carbocycles. The van der Waals surface area contributed by atoms with E-state index in [0.29, 0.717) is 12.2 Å². The smallest absolute Gasteiger partial charge is 0.146 e. The van der Waals surface area contributed by atoms with E-state index in [0.717, 1.165) is 11.3 Å². The van der Waals surface area contributed by atoms with Crippen molar-refractivity contribution in [2.75, 3.05) is 5.75 Å². The van der Waals surface area contributed by atoms with E-state index in [-0.39, 0.29) is 5.78 Å². The molecule has 0 aliphatic rings. The monoisotopic (exact) mass is 231 g/mol. The van der Waals surface area contributed by atoms with Crippen LogP contribution in [0, 0.1) is 0 Å². The molecule has 2 rings (SSSR count). The molecule has 0 bridgehead atoms. The summed E-state index contributed by atoms with van der Waals surface area (Å²) < 4.78 is 2.02. The van der Waals surface area contributed by atoms with Crippen molar-refractivity contribution in [1.29, 1.82) is 0 Å². The zero-order valence-electron chi connectivity index (χ0n) is 8.84. The van der Waals surface area contributed by atoms with Crippen LogP contribution in [0.1, 0.15) is 5.56 Å². The van der Waals surface area contributed by atoms with Crippen LogP contribution in [0.2, 0.25) is 0 Å². The van der Waals surface area contributed by atoms with Crippen molar-refractivity contribution in [2.45, 2.75) is 6.42 Å². The quantitative estimate of drug-likeness (QED) is 0.802. The fourth-order valence-corrected chi connectivity index (χ4v) is 1.79. The third-order valence-corrected chi connectivity index (χ3v) is 2.79. The predicted molar refractivity (Wildman–Crippen MR) is 68.3 cm³/mol. The van der Waals surface area contributed by atoms with E-state index in [4.69, 9.17) is 0 Å². The molecule has 0 amide bonds. The van der Waals surface area contributed by atoms with Gasteiger partial charge in [-0.25, -0.2) is 0 Å². The average molecular weight is 231 g/mol. The average Bonchev–Trinajstić information content (AvgIpc) is 2.83. The number of carbonyl (C=O) groups is 1. The van der Waals surface area contributed by atoms with Gasteiger partial charge in [-0.3, -0.25) is 4.79 Å². The number of Topliss-reactive ketones (excluding diaryl/α,β-unsaturated/α-hetero) is 1. The van der Waals surface area contributed by atoms with Gasteiger partial charge in [-0.2, -0.15) is 12.6 Å². The minimum absolute atomic E-state index is 0.142. The second kappa shape index (κ2) is 5.03. The zero-order chi connectivity index (χ0) is 11.4. The van der Waals surface area contributed by atoms with Crippen molar-refractivity contribution in [3.05, 3.63) is 54.4 Å². The fraction of sp³-hybridized carbons (Fsp3) is 0.154. The number of nitrogens with zero attached hydrogens (tertiary/aromatic N) is 1. The molecule has 2 nitrogen and oxygen atoms in total. The standard InChI is InChI=1S/C13H13NOS/c15-12(10-16)9-11-5-1-2-6-13(11)14-7-3-4-8-14/h1-8,16H,9-10H2. The highest BCUT2D eigenvalue weighted by atomic mass is 32.1. The molecule has 0 fully saturated rings. The second-order valence-corrected chi connectivity index (χ2v) is 3.91. The van der Waals surface area contributed by atoms with Crippen molar-refractivity contribution in [3.8, 4) is 5.69 Å². The summed E-state index contributed by atoms with van der Waals surface area (Å²) in [5.41, 5.74) is 2.10. The molecule has 0 unspecified atom stereocenters. The van der Waals surface area contributed by atoms with E-state index in [1.165, 1.54) is 0 Å². The number of thiol groups is 1. The van der Waals surface area contributed by atoms with Gasteiger partial charge in [0.1, 0.15) is 5.78 Å². The number of hydrogen-bond donors (Lipinski definition) is 1. The highest BCUT2D eigenvalue weighted by Crippen LogP contribution is 2.15. The first-order chi connectivity index (χ1) is 7.81. The molecule has 16 heavy (non-hydrogen) atoms. The lowest BCUT2D eigenvalue weighted by molar-refractivity contribution is -0.115. The van der Waals surface area contributed by atoms with E-state index in [2.05, 4.69) is 12.6 Å². The molecule has 0 radical (unpaired) electrons. The Labute approximate surface area is 100 Å². The summed E-state index contributed by atoms with van der Waals surface area (Å²) in [5.74, 6) is 0.433. The van der Waals surface area contributed by atoms with Crippen molar-refractivity contribution in [2.24, 2.45) is 0 Å². The van der Waals surface area contributed by atoms with Gasteiger partial charge in [-0.15, -0.1) is 0 Å². The molecular formula is C13H13NOS. The molecule has 1 aromatic carbocycles. The highest BCUT2D eigenvalue weighted by molar-refractivity contribution is 7.81. The molecule has 3 heteroatoms. The maximum absolute atomic E-state index is 11.4. The lowest BCUT2D eigenvalue weighted by atomic mass is 10.1. The van der Waals surface area contributed by atoms with E-state index < -0.39 is 0 Å². The summed E-state index contributed by atoms with van der Waals surface area (Å²) in [6, 6.07) is 11.9. The molecule has 2 aromatic rings. The van der Waals surface area contributed by atoms with Crippen molar-refractivity contribution >= 4 is 18.4 Å². The summed E-state index contributed by atoms with van der Waals surface area (Å²) in [6.07, 6.45) is 4.39. The van der Waals surface area contributed by atoms with Crippen molar-refractivity contribution < 1.29 is 4.79 Å². The summed E-state index contributed by atoms with van der Waals surface area (Å²) in [6.45, 7) is 0. The number of carbonyl (C=O) groups excluding carboxylic acids is 1. The molecule has 0 N–H and O–H groups in total. The van der Waals surface area contributed by atoms with Crippen LogP contribution >= 0.6 is 12.6 Å². The Hall–Kier alpha value is -1.48. The number of ketones is 1. The number of hydrogen-bond acceptors (Lipinski definition) is 2. The largest absolute Gasteiger partial charge is 0.324 e. The van der Waals surface area contributed by atoms with Gasteiger partial charge in [0, 0.05) is 30.3 Å². The van der Waals surface area contributed by atoms with Crippen LogP contribution in [0.3, 0.4) is 0 Å². The Kier molecular flexibility index (Phi) is 3.47. The summed E-state index contributed by atoms with van der Waals surface area (Å²) in [5, 5.41) is 0. The maximum Gasteiger partial charge on any atom is 0.146 e. The van der Waals surface area contributed by atoms with Gasteiger partial charge >= 0.3 is 0 Å². The number of benzene rings is 1. The molecular weight excluding hydrogens is 218 g/mol. The lowest BCUT2D eigenvalue weighted by Crippen LogP contribution is -2.07. The van der Waals surface area contributed by atoms with E-state index >= 15 is 0 Å². The Morgan fingerprint density at radius 2 is 1.81 bits per heavy atom. The minimum atomic E-state index is 0.142. The van der Waals surface area contributed by atoms with Gasteiger partial charge in [0.2, 0.25) is 0 Å². The van der Waals surface area contributed by atoms with Crippen LogP contribution in [0.4, 0.5) is 0 Å². The van der Waals surface area contributed by atoms with Crippen LogP contribution in [0.25, 0.3) is 5.69 Å². The molecule has 0 spiro atoms. The Bertz CT molecular complexity index is 476. The fourth-order valence-electron chi connectivity index (χ4n) is 1.68. The Morgan fingerprint density at radius 3 is 2.50 bits per heavy atom. The summed E-state index contributed by atoms with van der Waals surface area (Å²) >= 11 is 4.00. The van der Waals surface area contributed by atoms with Gasteiger partial charge in [0.15, 0.2) is 0 Å². The molecule has 0 atom stereocenters. The van der Waals surface area contributed by atoms with E-state index in [9.17, 15) is 4.79 Å². The van der Waals surface area contributed by atoms with Crippen molar-refractivity contribution in [1.82, 2.24) is 4.57 Å². The first kappa shape index (κ1) is 11.0. The molecule has 0 saturated heterocycles. The molecule has 0 saturated carbocycles. The summed E-state index contributed by atoms with van der Waals surface area (Å²) in [7, 11) is 0. The van der Waals surface area contributed by atoms with Crippen LogP contribution in [-0.4, -0.2) is 16.1 Å². The van der Waals surface area contributed by atoms with Crippen LogP contribution in [0.5, 0.6) is 0 Å². The highest BCUT2D eigenvalue weighted by Gasteiger charge is 2.06. The Balaban J connectivity index is 2.35. The van der Waals surface area contributed by atoms with Gasteiger partial charge in [-0.05, 0) is 23.8 Å². The maximum atomic E-state index is 11.4. The van der Waals surface area contributed by atoms with Gasteiger partial charge in [0.25, 0.3) is 0 Å². The molecule has 82 valence electrons. The third kappa shape index (κ3) is 2.36. The SMILES string of the molecule is O=C(CS)Cc1ccccc1-n1cccc1. The van der Waals surface area contributed by atoms with Crippen LogP contribution in [-0.2, 0) is 11.2 Å². The van der Waals surface area contributed by atoms with Gasteiger partial charge in [-0.1, -0.05) is 18.2 Å². The van der Waals surface area contributed by atoms with E-state index in [1.54, 1.807) is 0 Å². The first-order valence-corrected chi connectivity index (χ1v) is 5.78. The summed E-state index contributed by atoms with van der Waals surface area (Å²) in [4.78, 5) is 11.4. The third-order valence-electron chi connectivity index (χ3n) is 2.44. The number of rotatable bonds is 4. The predicted octanol–water partition coefficient (Wildman–Crippen LogP) is 2.52. The zero-order valence-corrected chi connectivity index (χ0v) is 9.73. The van der Waals surface area contributed by atoms with Crippen molar-refractivity contribution in [3.63, 3.8) is 0 Å². The molecule has 1 aromatic heterocycles. The first-order valence-electron chi connectivity index (χ1n) is 5.15. The number of para-hydroxylation sites is 1. The minimum Gasteiger partial charge on any atom is -0.324 e. The second-order valence-electron chi connectivity index (χ2n) is 3.59. The van der Waals surface area contributed by atoms with Crippen LogP contribution in [0.15, 0.2) is 48.8 Å². The molecule has 1 heterocycles. The molecule has 0 aliphatic heterocycles. The van der Waals surface area contributed by atoms with E-state index in [1.807, 2.05) is 53.4 Å². The lowest BCUT2D eigenvalue weighted by Gasteiger charge is -2.09. The topological polar surface area (TPSA) is 22.0 Å². The van der Waals surface area contributed by atoms with Gasteiger partial charge in [0.05, 0.1) is 0 Å². The normalized spacial score (nSPS) is 10.3. The van der Waals surface area contributed by atoms with Crippen LogP contribution < -0.4 is 0 Å². The number of aromatic nitrogens is 1. The van der Waals surface area contributed by atoms with Gasteiger partial charge < -0.3 is 4.57 Å². The Morgan fingerprint density at radius 1 is 1.12 bits per heavy atom.